The van der Waals surface area contributed by atoms with Gasteiger partial charge in [-0.05, 0) is 25.0 Å². The van der Waals surface area contributed by atoms with Crippen molar-refractivity contribution < 1.29 is 19.1 Å². The van der Waals surface area contributed by atoms with Crippen LogP contribution in [0.1, 0.15) is 29.3 Å². The maximum atomic E-state index is 12.1. The van der Waals surface area contributed by atoms with Crippen LogP contribution < -0.4 is 4.90 Å². The first-order chi connectivity index (χ1) is 10.0. The van der Waals surface area contributed by atoms with Crippen LogP contribution in [0.2, 0.25) is 0 Å². The molecular formula is C16H17NO4. The summed E-state index contributed by atoms with van der Waals surface area (Å²) in [6.45, 7) is 3.86. The Balaban J connectivity index is 2.34. The average Bonchev–Trinajstić information content (AvgIpc) is 2.73. The average molecular weight is 287 g/mol. The largest absolute Gasteiger partial charge is 0.466 e. The Morgan fingerprint density at radius 3 is 2.67 bits per heavy atom. The molecule has 0 fully saturated rings. The molecule has 0 aliphatic carbocycles. The number of rotatable bonds is 4. The second-order valence-corrected chi connectivity index (χ2v) is 4.79. The molecule has 1 aromatic rings. The van der Waals surface area contributed by atoms with Crippen molar-refractivity contribution in [1.29, 1.82) is 0 Å². The fourth-order valence-corrected chi connectivity index (χ4v) is 2.42. The highest BCUT2D eigenvalue weighted by Gasteiger charge is 2.36. The van der Waals surface area contributed by atoms with E-state index in [9.17, 15) is 14.4 Å². The second-order valence-electron chi connectivity index (χ2n) is 4.79. The van der Waals surface area contributed by atoms with E-state index >= 15 is 0 Å². The van der Waals surface area contributed by atoms with Crippen LogP contribution in [0.15, 0.2) is 29.8 Å². The van der Waals surface area contributed by atoms with Crippen molar-refractivity contribution in [3.63, 3.8) is 0 Å². The summed E-state index contributed by atoms with van der Waals surface area (Å²) in [7, 11) is 1.32. The van der Waals surface area contributed by atoms with Crippen molar-refractivity contribution in [3.8, 4) is 0 Å². The highest BCUT2D eigenvalue weighted by Crippen LogP contribution is 2.32. The van der Waals surface area contributed by atoms with Gasteiger partial charge in [0, 0.05) is 12.1 Å². The first kappa shape index (κ1) is 15.0. The minimum atomic E-state index is -0.559. The van der Waals surface area contributed by atoms with Gasteiger partial charge >= 0.3 is 5.97 Å². The normalized spacial score (nSPS) is 14.4. The topological polar surface area (TPSA) is 63.7 Å². The Kier molecular flexibility index (Phi) is 4.21. The fourth-order valence-electron chi connectivity index (χ4n) is 2.42. The number of hydrogen-bond acceptors (Lipinski definition) is 4. The molecule has 1 aromatic carbocycles. The van der Waals surface area contributed by atoms with Crippen LogP contribution in [0, 0.1) is 6.92 Å². The molecule has 5 heteroatoms. The number of anilines is 1. The monoisotopic (exact) mass is 287 g/mol. The van der Waals surface area contributed by atoms with Gasteiger partial charge in [-0.15, -0.1) is 0 Å². The number of aryl methyl sites for hydroxylation is 1. The molecule has 0 unspecified atom stereocenters. The maximum Gasteiger partial charge on any atom is 0.333 e. The van der Waals surface area contributed by atoms with E-state index in [0.29, 0.717) is 23.2 Å². The molecule has 0 atom stereocenters. The Bertz CT molecular complexity index is 646. The van der Waals surface area contributed by atoms with Gasteiger partial charge < -0.3 is 9.64 Å². The number of methoxy groups -OCH3 is 1. The summed E-state index contributed by atoms with van der Waals surface area (Å²) in [6.07, 6.45) is 2.14. The molecular weight excluding hydrogens is 270 g/mol. The van der Waals surface area contributed by atoms with Crippen LogP contribution in [0.25, 0.3) is 0 Å². The lowest BCUT2D eigenvalue weighted by Crippen LogP contribution is -2.30. The number of carbonyl (C=O) groups is 3. The predicted molar refractivity (Wildman–Crippen MR) is 78.3 cm³/mol. The van der Waals surface area contributed by atoms with Crippen molar-refractivity contribution in [1.82, 2.24) is 0 Å². The molecule has 0 aromatic heterocycles. The number of amides is 1. The summed E-state index contributed by atoms with van der Waals surface area (Å²) in [5.74, 6) is -1.48. The van der Waals surface area contributed by atoms with Crippen LogP contribution >= 0.6 is 0 Å². The Labute approximate surface area is 123 Å². The molecule has 0 bridgehead atoms. The summed E-state index contributed by atoms with van der Waals surface area (Å²) in [5.41, 5.74) is 2.39. The van der Waals surface area contributed by atoms with Crippen LogP contribution in [-0.2, 0) is 14.3 Å². The zero-order chi connectivity index (χ0) is 15.6. The number of esters is 1. The summed E-state index contributed by atoms with van der Waals surface area (Å²) >= 11 is 0. The first-order valence-corrected chi connectivity index (χ1v) is 6.74. The number of fused-ring (bicyclic) bond motifs is 1. The smallest absolute Gasteiger partial charge is 0.333 e. The molecule has 1 aliphatic rings. The Morgan fingerprint density at radius 2 is 2.05 bits per heavy atom. The van der Waals surface area contributed by atoms with Gasteiger partial charge in [0.25, 0.3) is 11.7 Å². The Morgan fingerprint density at radius 1 is 1.33 bits per heavy atom. The number of benzene rings is 1. The van der Waals surface area contributed by atoms with E-state index in [1.54, 1.807) is 18.2 Å². The number of carbonyl (C=O) groups excluding carboxylic acids is 3. The molecule has 1 aliphatic heterocycles. The SMILES string of the molecule is CCC(=CCN1C(=O)C(=O)c2cccc(C)c21)C(=O)OC. The number of Topliss-reactive ketones (excluding diaryl/α,β-unsaturated/α-hetero) is 1. The van der Waals surface area contributed by atoms with Gasteiger partial charge in [-0.3, -0.25) is 9.59 Å². The van der Waals surface area contributed by atoms with E-state index in [1.165, 1.54) is 12.0 Å². The number of para-hydroxylation sites is 1. The highest BCUT2D eigenvalue weighted by molar-refractivity contribution is 6.52. The quantitative estimate of drug-likeness (QED) is 0.483. The van der Waals surface area contributed by atoms with Gasteiger partial charge in [-0.2, -0.15) is 0 Å². The molecule has 21 heavy (non-hydrogen) atoms. The first-order valence-electron chi connectivity index (χ1n) is 6.74. The van der Waals surface area contributed by atoms with Gasteiger partial charge in [0.1, 0.15) is 0 Å². The second kappa shape index (κ2) is 5.91. The van der Waals surface area contributed by atoms with E-state index in [0.717, 1.165) is 5.56 Å². The molecule has 2 rings (SSSR count). The summed E-state index contributed by atoms with van der Waals surface area (Å²) in [5, 5.41) is 0. The van der Waals surface area contributed by atoms with Gasteiger partial charge in [-0.25, -0.2) is 4.79 Å². The lowest BCUT2D eigenvalue weighted by Gasteiger charge is -2.17. The zero-order valence-electron chi connectivity index (χ0n) is 12.3. The lowest BCUT2D eigenvalue weighted by molar-refractivity contribution is -0.136. The minimum Gasteiger partial charge on any atom is -0.466 e. The predicted octanol–water partition coefficient (Wildman–Crippen LogP) is 2.03. The highest BCUT2D eigenvalue weighted by atomic mass is 16.5. The summed E-state index contributed by atoms with van der Waals surface area (Å²) < 4.78 is 4.68. The maximum absolute atomic E-state index is 12.1. The molecule has 0 saturated heterocycles. The van der Waals surface area contributed by atoms with Gasteiger partial charge in [0.2, 0.25) is 0 Å². The molecule has 0 saturated carbocycles. The van der Waals surface area contributed by atoms with Gasteiger partial charge in [0.05, 0.1) is 18.4 Å². The van der Waals surface area contributed by atoms with Crippen LogP contribution in [0.3, 0.4) is 0 Å². The van der Waals surface area contributed by atoms with Crippen LogP contribution in [0.4, 0.5) is 5.69 Å². The third kappa shape index (κ3) is 2.59. The van der Waals surface area contributed by atoms with E-state index < -0.39 is 17.7 Å². The Hall–Kier alpha value is -2.43. The molecule has 110 valence electrons. The third-order valence-electron chi connectivity index (χ3n) is 3.54. The number of nitrogens with zero attached hydrogens (tertiary/aromatic N) is 1. The van der Waals surface area contributed by atoms with Crippen LogP contribution in [-0.4, -0.2) is 31.3 Å². The van der Waals surface area contributed by atoms with Gasteiger partial charge in [-0.1, -0.05) is 25.1 Å². The fraction of sp³-hybridized carbons (Fsp3) is 0.312. The van der Waals surface area contributed by atoms with E-state index in [1.807, 2.05) is 19.9 Å². The van der Waals surface area contributed by atoms with Crippen molar-refractivity contribution in [3.05, 3.63) is 41.0 Å². The van der Waals surface area contributed by atoms with Crippen LogP contribution in [0.5, 0.6) is 0 Å². The summed E-state index contributed by atoms with van der Waals surface area (Å²) in [6, 6.07) is 5.25. The van der Waals surface area contributed by atoms with Crippen molar-refractivity contribution in [2.24, 2.45) is 0 Å². The lowest BCUT2D eigenvalue weighted by atomic mass is 10.1. The standard InChI is InChI=1S/C16H17NO4/c1-4-11(16(20)21-3)8-9-17-13-10(2)6-5-7-12(13)14(18)15(17)19/h5-8H,4,9H2,1-3H3. The van der Waals surface area contributed by atoms with E-state index in [2.05, 4.69) is 4.74 Å². The minimum absolute atomic E-state index is 0.181. The molecule has 0 spiro atoms. The molecule has 0 radical (unpaired) electrons. The summed E-state index contributed by atoms with van der Waals surface area (Å²) in [4.78, 5) is 37.0. The number of ketones is 1. The molecule has 0 N–H and O–H groups in total. The van der Waals surface area contributed by atoms with Crippen molar-refractivity contribution in [2.45, 2.75) is 20.3 Å². The molecule has 1 amide bonds. The van der Waals surface area contributed by atoms with Gasteiger partial charge in [0.15, 0.2) is 0 Å². The van der Waals surface area contributed by atoms with Crippen molar-refractivity contribution in [2.75, 3.05) is 18.6 Å². The molecule has 5 nitrogen and oxygen atoms in total. The van der Waals surface area contributed by atoms with Crippen molar-refractivity contribution >= 4 is 23.3 Å². The van der Waals surface area contributed by atoms with E-state index in [-0.39, 0.29) is 6.54 Å². The van der Waals surface area contributed by atoms with E-state index in [4.69, 9.17) is 0 Å². The third-order valence-corrected chi connectivity index (χ3v) is 3.54. The number of ether oxygens (including phenoxy) is 1. The number of hydrogen-bond donors (Lipinski definition) is 0. The zero-order valence-corrected chi connectivity index (χ0v) is 12.3. The molecule has 1 heterocycles.